The molecule has 0 aliphatic carbocycles. The molecule has 0 saturated heterocycles. The molecule has 0 bridgehead atoms. The number of nitrogens with zero attached hydrogens (tertiary/aromatic N) is 2. The molecule has 3 nitrogen and oxygen atoms in total. The number of benzene rings is 9. The highest BCUT2D eigenvalue weighted by Gasteiger charge is 2.22. The summed E-state index contributed by atoms with van der Waals surface area (Å²) >= 11 is 0. The highest BCUT2D eigenvalue weighted by Crippen LogP contribution is 2.46. The quantitative estimate of drug-likeness (QED) is 0.172. The lowest BCUT2D eigenvalue weighted by Crippen LogP contribution is -2.11. The number of anilines is 3. The van der Waals surface area contributed by atoms with Gasteiger partial charge in [0.15, 0.2) is 0 Å². The summed E-state index contributed by atoms with van der Waals surface area (Å²) in [5.74, 6) is 0. The van der Waals surface area contributed by atoms with Crippen molar-refractivity contribution in [2.45, 2.75) is 0 Å². The van der Waals surface area contributed by atoms with E-state index in [1.54, 1.807) is 0 Å². The second kappa shape index (κ2) is 12.6. The summed E-state index contributed by atoms with van der Waals surface area (Å²) in [5.41, 5.74) is 13.2. The van der Waals surface area contributed by atoms with Crippen LogP contribution in [0.4, 0.5) is 17.1 Å². The first-order valence-corrected chi connectivity index (χ1v) is 18.8. The fourth-order valence-electron chi connectivity index (χ4n) is 8.48. The number of furan rings is 1. The molecule has 0 unspecified atom stereocenters. The van der Waals surface area contributed by atoms with Crippen molar-refractivity contribution in [1.29, 1.82) is 0 Å². The van der Waals surface area contributed by atoms with Crippen LogP contribution in [-0.4, -0.2) is 4.57 Å². The maximum Gasteiger partial charge on any atom is 0.143 e. The fraction of sp³-hybridized carbons (Fsp3) is 0. The normalized spacial score (nSPS) is 11.6. The molecule has 11 aromatic rings. The van der Waals surface area contributed by atoms with Crippen LogP contribution in [0.25, 0.3) is 82.5 Å². The summed E-state index contributed by atoms with van der Waals surface area (Å²) in [6.07, 6.45) is 0. The van der Waals surface area contributed by atoms with E-state index in [0.717, 1.165) is 66.9 Å². The summed E-state index contributed by atoms with van der Waals surface area (Å²) in [6, 6.07) is 73.9. The third-order valence-electron chi connectivity index (χ3n) is 11.0. The number of fused-ring (bicyclic) bond motifs is 7. The van der Waals surface area contributed by atoms with Crippen molar-refractivity contribution < 1.29 is 4.42 Å². The Morgan fingerprint density at radius 2 is 1.04 bits per heavy atom. The number of aromatic nitrogens is 1. The highest BCUT2D eigenvalue weighted by atomic mass is 16.3. The molecule has 0 fully saturated rings. The van der Waals surface area contributed by atoms with Gasteiger partial charge in [0.25, 0.3) is 0 Å². The molecule has 258 valence electrons. The first kappa shape index (κ1) is 31.2. The molecule has 0 N–H and O–H groups in total. The van der Waals surface area contributed by atoms with Crippen molar-refractivity contribution in [3.63, 3.8) is 0 Å². The van der Waals surface area contributed by atoms with Gasteiger partial charge in [-0.05, 0) is 82.7 Å². The zero-order valence-corrected chi connectivity index (χ0v) is 29.9. The van der Waals surface area contributed by atoms with Crippen LogP contribution in [-0.2, 0) is 0 Å². The molecule has 0 saturated carbocycles. The van der Waals surface area contributed by atoms with E-state index in [9.17, 15) is 0 Å². The fourth-order valence-corrected chi connectivity index (χ4v) is 8.48. The number of rotatable bonds is 6. The van der Waals surface area contributed by atoms with Gasteiger partial charge in [0, 0.05) is 43.9 Å². The molecule has 2 heterocycles. The van der Waals surface area contributed by atoms with Gasteiger partial charge >= 0.3 is 0 Å². The maximum atomic E-state index is 6.50. The Morgan fingerprint density at radius 3 is 1.89 bits per heavy atom. The van der Waals surface area contributed by atoms with Crippen molar-refractivity contribution in [2.24, 2.45) is 0 Å². The zero-order valence-electron chi connectivity index (χ0n) is 29.9. The Balaban J connectivity index is 1.09. The van der Waals surface area contributed by atoms with E-state index in [1.165, 1.54) is 32.6 Å². The Morgan fingerprint density at radius 1 is 0.400 bits per heavy atom. The lowest BCUT2D eigenvalue weighted by Gasteiger charge is -2.28. The van der Waals surface area contributed by atoms with Gasteiger partial charge in [0.1, 0.15) is 11.2 Å². The third kappa shape index (κ3) is 5.05. The molecule has 0 radical (unpaired) electrons. The number of hydrogen-bond acceptors (Lipinski definition) is 2. The van der Waals surface area contributed by atoms with Crippen LogP contribution in [0.3, 0.4) is 0 Å². The minimum absolute atomic E-state index is 0.892. The highest BCUT2D eigenvalue weighted by molar-refractivity contribution is 6.17. The summed E-state index contributed by atoms with van der Waals surface area (Å²) < 4.78 is 8.89. The summed E-state index contributed by atoms with van der Waals surface area (Å²) in [4.78, 5) is 2.44. The predicted octanol–water partition coefficient (Wildman–Crippen LogP) is 14.6. The van der Waals surface area contributed by atoms with Crippen molar-refractivity contribution >= 4 is 71.6 Å². The number of para-hydroxylation sites is 3. The molecule has 0 aliphatic heterocycles. The van der Waals surface area contributed by atoms with Crippen LogP contribution >= 0.6 is 0 Å². The summed E-state index contributed by atoms with van der Waals surface area (Å²) in [5, 5.41) is 7.08. The van der Waals surface area contributed by atoms with Crippen LogP contribution in [0.2, 0.25) is 0 Å². The molecule has 0 atom stereocenters. The van der Waals surface area contributed by atoms with Gasteiger partial charge in [-0.2, -0.15) is 0 Å². The van der Waals surface area contributed by atoms with Crippen LogP contribution in [0, 0.1) is 0 Å². The third-order valence-corrected chi connectivity index (χ3v) is 11.0. The minimum Gasteiger partial charge on any atom is -0.455 e. The van der Waals surface area contributed by atoms with Crippen molar-refractivity contribution in [3.8, 4) is 27.9 Å². The maximum absolute atomic E-state index is 6.50. The van der Waals surface area contributed by atoms with Gasteiger partial charge in [-0.3, -0.25) is 0 Å². The standard InChI is InChI=1S/C52H34N2O/c1-3-14-37(15-4-1)42-22-12-23-43-45-34-38(30-33-50(45)55-52(42)43)35-28-31-40(32-29-35)54(46-25-11-17-36-16-7-8-20-41(36)46)49-27-13-26-48-51(49)44-21-9-10-24-47(44)53(48)39-18-5-2-6-19-39/h1-34H. The molecule has 0 spiro atoms. The zero-order chi connectivity index (χ0) is 36.3. The van der Waals surface area contributed by atoms with Crippen molar-refractivity contribution in [3.05, 3.63) is 206 Å². The molecule has 0 amide bonds. The van der Waals surface area contributed by atoms with Crippen molar-refractivity contribution in [1.82, 2.24) is 4.57 Å². The lowest BCUT2D eigenvalue weighted by atomic mass is 9.99. The first-order chi connectivity index (χ1) is 27.3. The van der Waals surface area contributed by atoms with Crippen LogP contribution in [0.5, 0.6) is 0 Å². The Hall–Kier alpha value is -7.36. The van der Waals surface area contributed by atoms with Gasteiger partial charge in [-0.15, -0.1) is 0 Å². The summed E-state index contributed by atoms with van der Waals surface area (Å²) in [6.45, 7) is 0. The molecular formula is C52H34N2O. The van der Waals surface area contributed by atoms with E-state index in [-0.39, 0.29) is 0 Å². The van der Waals surface area contributed by atoms with E-state index in [2.05, 4.69) is 210 Å². The molecular weight excluding hydrogens is 669 g/mol. The van der Waals surface area contributed by atoms with E-state index in [1.807, 2.05) is 6.07 Å². The average molecular weight is 703 g/mol. The average Bonchev–Trinajstić information content (AvgIpc) is 3.81. The molecule has 9 aromatic carbocycles. The van der Waals surface area contributed by atoms with Crippen molar-refractivity contribution in [2.75, 3.05) is 4.90 Å². The Kier molecular flexibility index (Phi) is 7.17. The monoisotopic (exact) mass is 702 g/mol. The molecule has 55 heavy (non-hydrogen) atoms. The van der Waals surface area contributed by atoms with Crippen LogP contribution in [0.1, 0.15) is 0 Å². The van der Waals surface area contributed by atoms with E-state index >= 15 is 0 Å². The summed E-state index contributed by atoms with van der Waals surface area (Å²) in [7, 11) is 0. The van der Waals surface area contributed by atoms with Gasteiger partial charge in [0.05, 0.1) is 22.4 Å². The predicted molar refractivity (Wildman–Crippen MR) is 231 cm³/mol. The van der Waals surface area contributed by atoms with Gasteiger partial charge in [-0.1, -0.05) is 146 Å². The smallest absolute Gasteiger partial charge is 0.143 e. The van der Waals surface area contributed by atoms with Crippen LogP contribution < -0.4 is 4.90 Å². The molecule has 3 heteroatoms. The molecule has 0 aliphatic rings. The number of hydrogen-bond donors (Lipinski definition) is 0. The van der Waals surface area contributed by atoms with E-state index in [4.69, 9.17) is 4.42 Å². The lowest BCUT2D eigenvalue weighted by molar-refractivity contribution is 0.670. The first-order valence-electron chi connectivity index (χ1n) is 18.8. The Bertz CT molecular complexity index is 3190. The van der Waals surface area contributed by atoms with Gasteiger partial charge in [0.2, 0.25) is 0 Å². The second-order valence-electron chi connectivity index (χ2n) is 14.1. The molecule has 11 rings (SSSR count). The SMILES string of the molecule is c1ccc(-c2cccc3c2oc2ccc(-c4ccc(N(c5cccc6ccccc56)c5cccc6c5c5ccccc5n6-c5ccccc5)cc4)cc23)cc1. The largest absolute Gasteiger partial charge is 0.455 e. The minimum atomic E-state index is 0.892. The van der Waals surface area contributed by atoms with Gasteiger partial charge < -0.3 is 13.9 Å². The van der Waals surface area contributed by atoms with E-state index in [0.29, 0.717) is 0 Å². The second-order valence-corrected chi connectivity index (χ2v) is 14.1. The Labute approximate surface area is 318 Å². The van der Waals surface area contributed by atoms with Gasteiger partial charge in [-0.25, -0.2) is 0 Å². The topological polar surface area (TPSA) is 21.3 Å². The van der Waals surface area contributed by atoms with Crippen LogP contribution in [0.15, 0.2) is 211 Å². The molecule has 2 aromatic heterocycles. The van der Waals surface area contributed by atoms with E-state index < -0.39 is 0 Å².